The van der Waals surface area contributed by atoms with Gasteiger partial charge in [0.1, 0.15) is 6.04 Å². The van der Waals surface area contributed by atoms with Crippen molar-refractivity contribution in [3.8, 4) is 0 Å². The van der Waals surface area contributed by atoms with Crippen LogP contribution in [0.25, 0.3) is 10.9 Å². The van der Waals surface area contributed by atoms with Crippen molar-refractivity contribution in [1.82, 2.24) is 15.2 Å². The van der Waals surface area contributed by atoms with E-state index in [1.807, 2.05) is 37.5 Å². The van der Waals surface area contributed by atoms with Crippen molar-refractivity contribution in [3.05, 3.63) is 36.0 Å². The zero-order valence-corrected chi connectivity index (χ0v) is 14.3. The van der Waals surface area contributed by atoms with E-state index in [2.05, 4.69) is 10.3 Å². The zero-order valence-electron chi connectivity index (χ0n) is 14.3. The SMILES string of the molecule is CC(=O)NC(Cc1c[nH]c2ccccc12)C(=O)N(C)CC1CCC1. The predicted octanol–water partition coefficient (Wildman–Crippen LogP) is 2.47. The summed E-state index contributed by atoms with van der Waals surface area (Å²) in [5, 5.41) is 3.93. The lowest BCUT2D eigenvalue weighted by molar-refractivity contribution is -0.135. The van der Waals surface area contributed by atoms with Crippen LogP contribution in [0, 0.1) is 5.92 Å². The van der Waals surface area contributed by atoms with Gasteiger partial charge in [0, 0.05) is 44.0 Å². The van der Waals surface area contributed by atoms with Crippen LogP contribution in [-0.4, -0.2) is 41.3 Å². The van der Waals surface area contributed by atoms with Crippen molar-refractivity contribution >= 4 is 22.7 Å². The molecule has 2 amide bonds. The Morgan fingerprint density at radius 1 is 1.33 bits per heavy atom. The first-order valence-electron chi connectivity index (χ1n) is 8.61. The Balaban J connectivity index is 1.75. The second-order valence-electron chi connectivity index (χ2n) is 6.83. The summed E-state index contributed by atoms with van der Waals surface area (Å²) in [6.07, 6.45) is 6.09. The summed E-state index contributed by atoms with van der Waals surface area (Å²) in [7, 11) is 1.84. The summed E-state index contributed by atoms with van der Waals surface area (Å²) in [6.45, 7) is 2.24. The summed E-state index contributed by atoms with van der Waals surface area (Å²) >= 11 is 0. The molecular formula is C19H25N3O2. The Bertz CT molecular complexity index is 733. The maximum atomic E-state index is 12.8. The lowest BCUT2D eigenvalue weighted by atomic mass is 9.85. The molecule has 5 nitrogen and oxygen atoms in total. The van der Waals surface area contributed by atoms with Crippen molar-refractivity contribution in [2.75, 3.05) is 13.6 Å². The first-order valence-corrected chi connectivity index (χ1v) is 8.61. The van der Waals surface area contributed by atoms with E-state index in [1.165, 1.54) is 26.2 Å². The van der Waals surface area contributed by atoms with Gasteiger partial charge in [0.25, 0.3) is 0 Å². The number of H-pyrrole nitrogens is 1. The van der Waals surface area contributed by atoms with Gasteiger partial charge in [-0.1, -0.05) is 24.6 Å². The van der Waals surface area contributed by atoms with Gasteiger partial charge in [-0.15, -0.1) is 0 Å². The number of rotatable bonds is 6. The molecule has 1 saturated carbocycles. The molecule has 0 radical (unpaired) electrons. The highest BCUT2D eigenvalue weighted by atomic mass is 16.2. The number of hydrogen-bond donors (Lipinski definition) is 2. The molecule has 1 aliphatic carbocycles. The van der Waals surface area contributed by atoms with Gasteiger partial charge >= 0.3 is 0 Å². The van der Waals surface area contributed by atoms with Crippen LogP contribution in [0.1, 0.15) is 31.7 Å². The van der Waals surface area contributed by atoms with Crippen LogP contribution in [0.5, 0.6) is 0 Å². The van der Waals surface area contributed by atoms with Crippen molar-refractivity contribution in [3.63, 3.8) is 0 Å². The highest BCUT2D eigenvalue weighted by Crippen LogP contribution is 2.27. The van der Waals surface area contributed by atoms with Crippen LogP contribution >= 0.6 is 0 Å². The standard InChI is InChI=1S/C19H25N3O2/c1-13(23)21-18(19(24)22(2)12-14-6-5-7-14)10-15-11-20-17-9-4-3-8-16(15)17/h3-4,8-9,11,14,18,20H,5-7,10,12H2,1-2H3,(H,21,23). The molecule has 1 heterocycles. The van der Waals surface area contributed by atoms with E-state index >= 15 is 0 Å². The molecule has 1 fully saturated rings. The largest absolute Gasteiger partial charge is 0.361 e. The number of carbonyl (C=O) groups is 2. The van der Waals surface area contributed by atoms with Gasteiger partial charge in [-0.3, -0.25) is 9.59 Å². The van der Waals surface area contributed by atoms with Crippen molar-refractivity contribution < 1.29 is 9.59 Å². The molecule has 128 valence electrons. The Hall–Kier alpha value is -2.30. The third-order valence-electron chi connectivity index (χ3n) is 4.91. The molecular weight excluding hydrogens is 302 g/mol. The molecule has 0 saturated heterocycles. The molecule has 2 aromatic rings. The minimum absolute atomic E-state index is 0.0117. The first kappa shape index (κ1) is 16.6. The summed E-state index contributed by atoms with van der Waals surface area (Å²) in [5.74, 6) is 0.428. The molecule has 3 rings (SSSR count). The normalized spacial score (nSPS) is 15.8. The number of amides is 2. The van der Waals surface area contributed by atoms with Crippen molar-refractivity contribution in [1.29, 1.82) is 0 Å². The average molecular weight is 327 g/mol. The summed E-state index contributed by atoms with van der Waals surface area (Å²) < 4.78 is 0. The zero-order chi connectivity index (χ0) is 17.1. The maximum Gasteiger partial charge on any atom is 0.245 e. The van der Waals surface area contributed by atoms with Gasteiger partial charge in [-0.05, 0) is 30.4 Å². The smallest absolute Gasteiger partial charge is 0.245 e. The molecule has 2 N–H and O–H groups in total. The molecule has 5 heteroatoms. The molecule has 1 aromatic heterocycles. The number of carbonyl (C=O) groups excluding carboxylic acids is 2. The third-order valence-corrected chi connectivity index (χ3v) is 4.91. The van der Waals surface area contributed by atoms with E-state index in [9.17, 15) is 9.59 Å². The predicted molar refractivity (Wildman–Crippen MR) is 94.6 cm³/mol. The number of aromatic amines is 1. The number of para-hydroxylation sites is 1. The van der Waals surface area contributed by atoms with Crippen LogP contribution in [0.4, 0.5) is 0 Å². The quantitative estimate of drug-likeness (QED) is 0.856. The maximum absolute atomic E-state index is 12.8. The van der Waals surface area contributed by atoms with E-state index in [0.29, 0.717) is 12.3 Å². The van der Waals surface area contributed by atoms with Gasteiger partial charge in [0.05, 0.1) is 0 Å². The molecule has 1 unspecified atom stereocenters. The van der Waals surface area contributed by atoms with Gasteiger partial charge in [0.2, 0.25) is 11.8 Å². The van der Waals surface area contributed by atoms with E-state index in [0.717, 1.165) is 23.0 Å². The number of nitrogens with one attached hydrogen (secondary N) is 2. The Kier molecular flexibility index (Phi) is 4.88. The van der Waals surface area contributed by atoms with Crippen LogP contribution in [-0.2, 0) is 16.0 Å². The third kappa shape index (κ3) is 3.61. The number of nitrogens with zero attached hydrogens (tertiary/aromatic N) is 1. The Labute approximate surface area is 142 Å². The van der Waals surface area contributed by atoms with Crippen LogP contribution < -0.4 is 5.32 Å². The first-order chi connectivity index (χ1) is 11.5. The van der Waals surface area contributed by atoms with E-state index in [-0.39, 0.29) is 11.8 Å². The summed E-state index contributed by atoms with van der Waals surface area (Å²) in [4.78, 5) is 29.4. The van der Waals surface area contributed by atoms with Crippen molar-refractivity contribution in [2.45, 2.75) is 38.6 Å². The number of benzene rings is 1. The van der Waals surface area contributed by atoms with E-state index in [4.69, 9.17) is 0 Å². The summed E-state index contributed by atoms with van der Waals surface area (Å²) in [5.41, 5.74) is 2.10. The molecule has 0 spiro atoms. The fraction of sp³-hybridized carbons (Fsp3) is 0.474. The lowest BCUT2D eigenvalue weighted by Gasteiger charge is -2.32. The molecule has 0 bridgehead atoms. The fourth-order valence-electron chi connectivity index (χ4n) is 3.38. The Morgan fingerprint density at radius 2 is 2.08 bits per heavy atom. The minimum atomic E-state index is -0.521. The van der Waals surface area contributed by atoms with Gasteiger partial charge in [-0.2, -0.15) is 0 Å². The number of hydrogen-bond acceptors (Lipinski definition) is 2. The lowest BCUT2D eigenvalue weighted by Crippen LogP contribution is -2.49. The fourth-order valence-corrected chi connectivity index (χ4v) is 3.38. The highest BCUT2D eigenvalue weighted by molar-refractivity contribution is 5.89. The van der Waals surface area contributed by atoms with Crippen LogP contribution in [0.15, 0.2) is 30.5 Å². The monoisotopic (exact) mass is 327 g/mol. The number of aromatic nitrogens is 1. The summed E-state index contributed by atoms with van der Waals surface area (Å²) in [6, 6.07) is 7.49. The minimum Gasteiger partial charge on any atom is -0.361 e. The molecule has 1 aliphatic rings. The molecule has 1 aromatic carbocycles. The van der Waals surface area contributed by atoms with E-state index < -0.39 is 6.04 Å². The van der Waals surface area contributed by atoms with E-state index in [1.54, 1.807) is 4.90 Å². The van der Waals surface area contributed by atoms with Crippen LogP contribution in [0.2, 0.25) is 0 Å². The topological polar surface area (TPSA) is 65.2 Å². The number of fused-ring (bicyclic) bond motifs is 1. The second-order valence-corrected chi connectivity index (χ2v) is 6.83. The van der Waals surface area contributed by atoms with Crippen LogP contribution in [0.3, 0.4) is 0 Å². The van der Waals surface area contributed by atoms with Gasteiger partial charge in [0.15, 0.2) is 0 Å². The highest BCUT2D eigenvalue weighted by Gasteiger charge is 2.27. The Morgan fingerprint density at radius 3 is 2.75 bits per heavy atom. The van der Waals surface area contributed by atoms with Gasteiger partial charge < -0.3 is 15.2 Å². The van der Waals surface area contributed by atoms with Crippen molar-refractivity contribution in [2.24, 2.45) is 5.92 Å². The molecule has 0 aliphatic heterocycles. The second kappa shape index (κ2) is 7.07. The molecule has 1 atom stereocenters. The number of likely N-dealkylation sites (N-methyl/N-ethyl adjacent to an activating group) is 1. The average Bonchev–Trinajstić information content (AvgIpc) is 2.92. The molecule has 24 heavy (non-hydrogen) atoms. The van der Waals surface area contributed by atoms with Gasteiger partial charge in [-0.25, -0.2) is 0 Å².